The van der Waals surface area contributed by atoms with Crippen LogP contribution in [-0.2, 0) is 11.2 Å². The van der Waals surface area contributed by atoms with Gasteiger partial charge in [0.05, 0.1) is 18.2 Å². The van der Waals surface area contributed by atoms with Gasteiger partial charge in [0.1, 0.15) is 0 Å². The molecule has 1 aliphatic heterocycles. The standard InChI is InChI=1S/C21H22N6O2S/c1-15(20-23-19(24-29-20)16-5-3-2-4-6-16)25-7-9-26(10-8-25)18(28)13-17-14-27-11-12-30-21(27)22-17/h2-6,11-12,14-15H,7-10,13H2,1H3. The highest BCUT2D eigenvalue weighted by Crippen LogP contribution is 2.23. The number of hydrogen-bond acceptors (Lipinski definition) is 7. The number of piperazine rings is 1. The second kappa shape index (κ2) is 8.00. The molecule has 0 aliphatic carbocycles. The van der Waals surface area contributed by atoms with Crippen molar-refractivity contribution in [2.24, 2.45) is 0 Å². The van der Waals surface area contributed by atoms with Gasteiger partial charge in [0.2, 0.25) is 17.6 Å². The molecule has 30 heavy (non-hydrogen) atoms. The van der Waals surface area contributed by atoms with Crippen LogP contribution in [0.2, 0.25) is 0 Å². The third-order valence-corrected chi connectivity index (χ3v) is 6.29. The Hall–Kier alpha value is -3.04. The minimum atomic E-state index is 0.00661. The topological polar surface area (TPSA) is 79.8 Å². The number of carbonyl (C=O) groups is 1. The van der Waals surface area contributed by atoms with E-state index in [1.54, 1.807) is 11.3 Å². The molecule has 154 valence electrons. The lowest BCUT2D eigenvalue weighted by Crippen LogP contribution is -2.49. The number of carbonyl (C=O) groups excluding carboxylic acids is 1. The first-order chi connectivity index (χ1) is 14.7. The van der Waals surface area contributed by atoms with Gasteiger partial charge in [-0.05, 0) is 6.92 Å². The highest BCUT2D eigenvalue weighted by molar-refractivity contribution is 7.15. The number of hydrogen-bond donors (Lipinski definition) is 0. The molecule has 1 amide bonds. The van der Waals surface area contributed by atoms with Crippen LogP contribution in [0.5, 0.6) is 0 Å². The zero-order valence-electron chi connectivity index (χ0n) is 16.6. The molecule has 1 aliphatic rings. The number of rotatable bonds is 5. The maximum absolute atomic E-state index is 12.7. The summed E-state index contributed by atoms with van der Waals surface area (Å²) in [6, 6.07) is 9.81. The normalized spacial score (nSPS) is 16.2. The van der Waals surface area contributed by atoms with Crippen molar-refractivity contribution in [3.05, 3.63) is 59.7 Å². The predicted octanol–water partition coefficient (Wildman–Crippen LogP) is 2.89. The van der Waals surface area contributed by atoms with Gasteiger partial charge >= 0.3 is 0 Å². The Kier molecular flexibility index (Phi) is 5.06. The summed E-state index contributed by atoms with van der Waals surface area (Å²) >= 11 is 1.57. The number of imidazole rings is 1. The fourth-order valence-corrected chi connectivity index (χ4v) is 4.47. The van der Waals surface area contributed by atoms with Gasteiger partial charge < -0.3 is 9.42 Å². The molecule has 5 rings (SSSR count). The Labute approximate surface area is 177 Å². The zero-order valence-corrected chi connectivity index (χ0v) is 17.5. The van der Waals surface area contributed by atoms with Gasteiger partial charge in [-0.3, -0.25) is 14.1 Å². The zero-order chi connectivity index (χ0) is 20.5. The van der Waals surface area contributed by atoms with Crippen molar-refractivity contribution in [1.29, 1.82) is 0 Å². The molecule has 4 aromatic rings. The summed E-state index contributed by atoms with van der Waals surface area (Å²) in [6.45, 7) is 4.98. The van der Waals surface area contributed by atoms with E-state index >= 15 is 0 Å². The van der Waals surface area contributed by atoms with Crippen LogP contribution in [0.3, 0.4) is 0 Å². The second-order valence-corrected chi connectivity index (χ2v) is 8.29. The van der Waals surface area contributed by atoms with E-state index in [0.29, 0.717) is 31.2 Å². The largest absolute Gasteiger partial charge is 0.340 e. The van der Waals surface area contributed by atoms with Gasteiger partial charge in [0, 0.05) is 49.5 Å². The molecule has 0 radical (unpaired) electrons. The molecule has 1 aromatic carbocycles. The van der Waals surface area contributed by atoms with Crippen LogP contribution >= 0.6 is 11.3 Å². The van der Waals surface area contributed by atoms with Gasteiger partial charge in [-0.2, -0.15) is 4.98 Å². The average molecular weight is 423 g/mol. The Balaban J connectivity index is 1.18. The Morgan fingerprint density at radius 3 is 2.73 bits per heavy atom. The number of aromatic nitrogens is 4. The van der Waals surface area contributed by atoms with Crippen molar-refractivity contribution >= 4 is 22.2 Å². The molecule has 1 unspecified atom stereocenters. The van der Waals surface area contributed by atoms with E-state index in [1.165, 1.54) is 0 Å². The van der Waals surface area contributed by atoms with Crippen LogP contribution in [0.1, 0.15) is 24.6 Å². The quantitative estimate of drug-likeness (QED) is 0.492. The summed E-state index contributed by atoms with van der Waals surface area (Å²) in [6.07, 6.45) is 4.23. The lowest BCUT2D eigenvalue weighted by molar-refractivity contribution is -0.132. The first kappa shape index (κ1) is 19.0. The number of benzene rings is 1. The molecule has 1 fully saturated rings. The van der Waals surface area contributed by atoms with E-state index in [-0.39, 0.29) is 11.9 Å². The van der Waals surface area contributed by atoms with Crippen LogP contribution in [0.25, 0.3) is 16.3 Å². The first-order valence-corrected chi connectivity index (χ1v) is 10.9. The molecule has 1 saturated heterocycles. The van der Waals surface area contributed by atoms with E-state index in [9.17, 15) is 4.79 Å². The number of amides is 1. The van der Waals surface area contributed by atoms with Crippen LogP contribution in [-0.4, -0.2) is 61.4 Å². The molecule has 0 bridgehead atoms. The fraction of sp³-hybridized carbons (Fsp3) is 0.333. The molecule has 1 atom stereocenters. The molecule has 8 nitrogen and oxygen atoms in total. The molecule has 3 aromatic heterocycles. The highest BCUT2D eigenvalue weighted by atomic mass is 32.1. The van der Waals surface area contributed by atoms with E-state index in [1.807, 2.05) is 57.4 Å². The van der Waals surface area contributed by atoms with Crippen molar-refractivity contribution in [3.63, 3.8) is 0 Å². The third-order valence-electron chi connectivity index (χ3n) is 5.52. The van der Waals surface area contributed by atoms with Gasteiger partial charge in [-0.15, -0.1) is 11.3 Å². The van der Waals surface area contributed by atoms with Crippen molar-refractivity contribution in [2.75, 3.05) is 26.2 Å². The van der Waals surface area contributed by atoms with Gasteiger partial charge in [-0.1, -0.05) is 35.5 Å². The number of thiazole rings is 1. The molecular weight excluding hydrogens is 400 g/mol. The lowest BCUT2D eigenvalue weighted by atomic mass is 10.2. The lowest BCUT2D eigenvalue weighted by Gasteiger charge is -2.36. The Bertz CT molecular complexity index is 1110. The van der Waals surface area contributed by atoms with Crippen molar-refractivity contribution in [1.82, 2.24) is 29.3 Å². The first-order valence-electron chi connectivity index (χ1n) is 9.99. The van der Waals surface area contributed by atoms with Crippen LogP contribution in [0, 0.1) is 0 Å². The fourth-order valence-electron chi connectivity index (χ4n) is 3.75. The summed E-state index contributed by atoms with van der Waals surface area (Å²) in [5, 5.41) is 6.11. The van der Waals surface area contributed by atoms with Gasteiger partial charge in [-0.25, -0.2) is 4.98 Å². The van der Waals surface area contributed by atoms with Crippen LogP contribution < -0.4 is 0 Å². The van der Waals surface area contributed by atoms with E-state index in [0.717, 1.165) is 29.3 Å². The van der Waals surface area contributed by atoms with E-state index < -0.39 is 0 Å². The monoisotopic (exact) mass is 422 g/mol. The van der Waals surface area contributed by atoms with E-state index in [2.05, 4.69) is 26.9 Å². The van der Waals surface area contributed by atoms with E-state index in [4.69, 9.17) is 4.52 Å². The molecule has 4 heterocycles. The summed E-state index contributed by atoms with van der Waals surface area (Å²) in [5.74, 6) is 1.33. The smallest absolute Gasteiger partial charge is 0.244 e. The molecule has 0 spiro atoms. The highest BCUT2D eigenvalue weighted by Gasteiger charge is 2.28. The van der Waals surface area contributed by atoms with Gasteiger partial charge in [0.25, 0.3) is 0 Å². The van der Waals surface area contributed by atoms with Crippen LogP contribution in [0.15, 0.2) is 52.6 Å². The summed E-state index contributed by atoms with van der Waals surface area (Å²) in [4.78, 5) is 26.9. The molecule has 0 saturated carbocycles. The predicted molar refractivity (Wildman–Crippen MR) is 113 cm³/mol. The van der Waals surface area contributed by atoms with Crippen molar-refractivity contribution in [3.8, 4) is 11.4 Å². The second-order valence-electron chi connectivity index (χ2n) is 7.42. The van der Waals surface area contributed by atoms with Crippen molar-refractivity contribution < 1.29 is 9.32 Å². The number of fused-ring (bicyclic) bond motifs is 1. The third kappa shape index (κ3) is 3.73. The SMILES string of the molecule is CC(c1nc(-c2ccccc2)no1)N1CCN(C(=O)Cc2cn3ccsc3n2)CC1. The molecule has 0 N–H and O–H groups in total. The minimum Gasteiger partial charge on any atom is -0.340 e. The maximum atomic E-state index is 12.7. The summed E-state index contributed by atoms with van der Waals surface area (Å²) in [5.41, 5.74) is 1.76. The maximum Gasteiger partial charge on any atom is 0.244 e. The summed E-state index contributed by atoms with van der Waals surface area (Å²) in [7, 11) is 0. The molecule has 9 heteroatoms. The average Bonchev–Trinajstić information content (AvgIpc) is 3.50. The van der Waals surface area contributed by atoms with Gasteiger partial charge in [0.15, 0.2) is 4.96 Å². The number of nitrogens with zero attached hydrogens (tertiary/aromatic N) is 6. The summed E-state index contributed by atoms with van der Waals surface area (Å²) < 4.78 is 7.47. The van der Waals surface area contributed by atoms with Crippen LogP contribution in [0.4, 0.5) is 0 Å². The molecular formula is C21H22N6O2S. The Morgan fingerprint density at radius 1 is 1.17 bits per heavy atom. The minimum absolute atomic E-state index is 0.00661. The van der Waals surface area contributed by atoms with Crippen molar-refractivity contribution in [2.45, 2.75) is 19.4 Å². The Morgan fingerprint density at radius 2 is 1.97 bits per heavy atom.